The summed E-state index contributed by atoms with van der Waals surface area (Å²) in [6, 6.07) is 0. The van der Waals surface area contributed by atoms with E-state index in [0.717, 1.165) is 6.42 Å². The topological polar surface area (TPSA) is 74.6 Å². The van der Waals surface area contributed by atoms with Crippen LogP contribution in [0.3, 0.4) is 0 Å². The van der Waals surface area contributed by atoms with Crippen molar-refractivity contribution in [2.75, 3.05) is 0 Å². The average molecular weight is 220 g/mol. The molecule has 0 aromatic rings. The van der Waals surface area contributed by atoms with Crippen molar-refractivity contribution in [3.8, 4) is 0 Å². The van der Waals surface area contributed by atoms with E-state index in [2.05, 4.69) is 0 Å². The molecule has 2 bridgehead atoms. The van der Waals surface area contributed by atoms with E-state index < -0.39 is 26.4 Å². The van der Waals surface area contributed by atoms with Gasteiger partial charge in [-0.3, -0.25) is 4.55 Å². The Labute approximate surface area is 84.1 Å². The van der Waals surface area contributed by atoms with Crippen LogP contribution >= 0.6 is 0 Å². The molecule has 3 unspecified atom stereocenters. The van der Waals surface area contributed by atoms with Gasteiger partial charge in [-0.2, -0.15) is 8.42 Å². The Bertz CT molecular complexity index is 359. The Morgan fingerprint density at radius 1 is 1.36 bits per heavy atom. The molecule has 0 aliphatic heterocycles. The average Bonchev–Trinajstić information content (AvgIpc) is 2.34. The van der Waals surface area contributed by atoms with Gasteiger partial charge < -0.3 is 5.11 Å². The van der Waals surface area contributed by atoms with E-state index in [1.807, 2.05) is 13.8 Å². The Morgan fingerprint density at radius 2 is 1.93 bits per heavy atom. The molecule has 2 saturated carbocycles. The lowest BCUT2D eigenvalue weighted by molar-refractivity contribution is 0.106. The standard InChI is InChI=1S/C9H16O4S/c1-8(2)6-3-4-9(8,7(10)5-6)14(11,12)13/h6-7,10H,3-5H2,1-2H3,(H,11,12,13). The highest BCUT2D eigenvalue weighted by Gasteiger charge is 2.70. The van der Waals surface area contributed by atoms with E-state index in [1.54, 1.807) is 0 Å². The van der Waals surface area contributed by atoms with Crippen LogP contribution in [0.1, 0.15) is 33.1 Å². The number of fused-ring (bicyclic) bond motifs is 2. The number of hydrogen-bond donors (Lipinski definition) is 2. The highest BCUT2D eigenvalue weighted by Crippen LogP contribution is 2.63. The van der Waals surface area contributed by atoms with Crippen LogP contribution in [-0.4, -0.2) is 28.9 Å². The first-order valence-electron chi connectivity index (χ1n) is 4.88. The Kier molecular flexibility index (Phi) is 1.86. The van der Waals surface area contributed by atoms with Crippen LogP contribution in [0.4, 0.5) is 0 Å². The lowest BCUT2D eigenvalue weighted by Gasteiger charge is -2.36. The molecule has 2 rings (SSSR count). The third-order valence-electron chi connectivity index (χ3n) is 4.48. The van der Waals surface area contributed by atoms with Crippen molar-refractivity contribution in [3.63, 3.8) is 0 Å². The van der Waals surface area contributed by atoms with Gasteiger partial charge in [0.1, 0.15) is 4.75 Å². The lowest BCUT2D eigenvalue weighted by Crippen LogP contribution is -2.52. The predicted molar refractivity (Wildman–Crippen MR) is 51.4 cm³/mol. The van der Waals surface area contributed by atoms with E-state index >= 15 is 0 Å². The van der Waals surface area contributed by atoms with E-state index in [1.165, 1.54) is 0 Å². The van der Waals surface area contributed by atoms with Crippen LogP contribution < -0.4 is 0 Å². The minimum Gasteiger partial charge on any atom is -0.391 e. The van der Waals surface area contributed by atoms with Crippen molar-refractivity contribution in [3.05, 3.63) is 0 Å². The molecule has 5 heteroatoms. The van der Waals surface area contributed by atoms with Gasteiger partial charge in [0.2, 0.25) is 0 Å². The fraction of sp³-hybridized carbons (Fsp3) is 1.00. The third kappa shape index (κ3) is 0.882. The summed E-state index contributed by atoms with van der Waals surface area (Å²) in [5.41, 5.74) is -0.514. The maximum atomic E-state index is 11.4. The summed E-state index contributed by atoms with van der Waals surface area (Å²) >= 11 is 0. The Hall–Kier alpha value is -0.130. The van der Waals surface area contributed by atoms with Crippen LogP contribution in [0.5, 0.6) is 0 Å². The molecule has 2 N–H and O–H groups in total. The molecular formula is C9H16O4S. The normalized spacial score (nSPS) is 45.7. The molecule has 0 spiro atoms. The molecule has 2 fully saturated rings. The molecule has 0 radical (unpaired) electrons. The molecule has 4 nitrogen and oxygen atoms in total. The maximum Gasteiger partial charge on any atom is 0.273 e. The van der Waals surface area contributed by atoms with Gasteiger partial charge in [-0.1, -0.05) is 13.8 Å². The summed E-state index contributed by atoms with van der Waals surface area (Å²) < 4.78 is 30.9. The fourth-order valence-corrected chi connectivity index (χ4v) is 5.17. The molecule has 0 amide bonds. The first-order valence-corrected chi connectivity index (χ1v) is 6.32. The number of aliphatic hydroxyl groups is 1. The minimum absolute atomic E-state index is 0.208. The monoisotopic (exact) mass is 220 g/mol. The van der Waals surface area contributed by atoms with Gasteiger partial charge in [-0.15, -0.1) is 0 Å². The van der Waals surface area contributed by atoms with E-state index in [0.29, 0.717) is 12.8 Å². The van der Waals surface area contributed by atoms with Gasteiger partial charge in [-0.25, -0.2) is 0 Å². The molecule has 0 saturated heterocycles. The number of rotatable bonds is 1. The van der Waals surface area contributed by atoms with Crippen molar-refractivity contribution in [1.29, 1.82) is 0 Å². The Morgan fingerprint density at radius 3 is 2.14 bits per heavy atom. The molecule has 0 aromatic carbocycles. The highest BCUT2D eigenvalue weighted by atomic mass is 32.2. The van der Waals surface area contributed by atoms with Gasteiger partial charge in [0.15, 0.2) is 0 Å². The summed E-state index contributed by atoms with van der Waals surface area (Å²) in [6.45, 7) is 3.66. The molecular weight excluding hydrogens is 204 g/mol. The molecule has 14 heavy (non-hydrogen) atoms. The zero-order chi connectivity index (χ0) is 10.8. The van der Waals surface area contributed by atoms with Gasteiger partial charge in [0, 0.05) is 0 Å². The smallest absolute Gasteiger partial charge is 0.273 e. The van der Waals surface area contributed by atoms with Crippen LogP contribution in [0.15, 0.2) is 0 Å². The van der Waals surface area contributed by atoms with Crippen LogP contribution in [-0.2, 0) is 10.1 Å². The van der Waals surface area contributed by atoms with Crippen LogP contribution in [0.25, 0.3) is 0 Å². The first-order chi connectivity index (χ1) is 6.23. The number of hydrogen-bond acceptors (Lipinski definition) is 3. The number of aliphatic hydroxyl groups excluding tert-OH is 1. The highest BCUT2D eigenvalue weighted by molar-refractivity contribution is 7.87. The van der Waals surface area contributed by atoms with Gasteiger partial charge in [-0.05, 0) is 30.6 Å². The molecule has 2 aliphatic carbocycles. The summed E-state index contributed by atoms with van der Waals surface area (Å²) in [6.07, 6.45) is 0.743. The van der Waals surface area contributed by atoms with Crippen molar-refractivity contribution in [2.24, 2.45) is 11.3 Å². The summed E-state index contributed by atoms with van der Waals surface area (Å²) in [5, 5.41) is 9.80. The quantitative estimate of drug-likeness (QED) is 0.641. The Balaban J connectivity index is 2.62. The molecule has 82 valence electrons. The first kappa shape index (κ1) is 10.4. The summed E-state index contributed by atoms with van der Waals surface area (Å²) in [7, 11) is -4.18. The SMILES string of the molecule is CC1(C)C2CCC1(S(=O)(=O)O)C(O)C2. The van der Waals surface area contributed by atoms with Crippen molar-refractivity contribution in [2.45, 2.75) is 44.0 Å². The molecule has 3 atom stereocenters. The van der Waals surface area contributed by atoms with Crippen LogP contribution in [0.2, 0.25) is 0 Å². The predicted octanol–water partition coefficient (Wildman–Crippen LogP) is 0.814. The third-order valence-corrected chi connectivity index (χ3v) is 6.40. The van der Waals surface area contributed by atoms with Gasteiger partial charge >= 0.3 is 0 Å². The summed E-state index contributed by atoms with van der Waals surface area (Å²) in [5.74, 6) is 0.208. The largest absolute Gasteiger partial charge is 0.391 e. The second kappa shape index (κ2) is 2.51. The lowest BCUT2D eigenvalue weighted by atomic mass is 9.81. The zero-order valence-corrected chi connectivity index (χ0v) is 9.21. The zero-order valence-electron chi connectivity index (χ0n) is 8.40. The fourth-order valence-electron chi connectivity index (χ4n) is 3.52. The molecule has 0 aromatic heterocycles. The second-order valence-electron chi connectivity index (χ2n) is 5.07. The maximum absolute atomic E-state index is 11.4. The van der Waals surface area contributed by atoms with Crippen molar-refractivity contribution < 1.29 is 18.1 Å². The van der Waals surface area contributed by atoms with E-state index in [9.17, 15) is 18.1 Å². The minimum atomic E-state index is -4.18. The van der Waals surface area contributed by atoms with E-state index in [4.69, 9.17) is 0 Å². The second-order valence-corrected chi connectivity index (χ2v) is 6.75. The molecule has 0 heterocycles. The summed E-state index contributed by atoms with van der Waals surface area (Å²) in [4.78, 5) is 0. The van der Waals surface area contributed by atoms with Crippen molar-refractivity contribution >= 4 is 10.1 Å². The van der Waals surface area contributed by atoms with E-state index in [-0.39, 0.29) is 5.92 Å². The van der Waals surface area contributed by atoms with Crippen molar-refractivity contribution in [1.82, 2.24) is 0 Å². The van der Waals surface area contributed by atoms with Crippen LogP contribution in [0, 0.1) is 11.3 Å². The molecule has 2 aliphatic rings. The van der Waals surface area contributed by atoms with Gasteiger partial charge in [0.05, 0.1) is 6.10 Å². The van der Waals surface area contributed by atoms with Gasteiger partial charge in [0.25, 0.3) is 10.1 Å².